The number of hydrogen-bond acceptors (Lipinski definition) is 2. The Bertz CT molecular complexity index is 216. The second-order valence-corrected chi connectivity index (χ2v) is 5.35. The standard InChI is InChI=1S/C12H23NO2/c1-4-13(9-11(14)15)10-5-7-12(2,3)8-6-10/h10H,4-9H2,1-3H3,(H,14,15). The normalized spacial score (nSPS) is 21.9. The predicted molar refractivity (Wildman–Crippen MR) is 60.9 cm³/mol. The van der Waals surface area contributed by atoms with Crippen LogP contribution in [-0.4, -0.2) is 35.1 Å². The molecule has 0 aromatic heterocycles. The zero-order valence-electron chi connectivity index (χ0n) is 10.1. The number of likely N-dealkylation sites (N-methyl/N-ethyl adjacent to an activating group) is 1. The predicted octanol–water partition coefficient (Wildman–Crippen LogP) is 2.36. The van der Waals surface area contributed by atoms with Crippen molar-refractivity contribution in [1.82, 2.24) is 4.90 Å². The molecule has 1 aliphatic carbocycles. The number of aliphatic carboxylic acids is 1. The van der Waals surface area contributed by atoms with Crippen molar-refractivity contribution in [1.29, 1.82) is 0 Å². The zero-order chi connectivity index (χ0) is 11.5. The number of carbonyl (C=O) groups is 1. The molecular formula is C12H23NO2. The van der Waals surface area contributed by atoms with Crippen LogP contribution in [0.1, 0.15) is 46.5 Å². The van der Waals surface area contributed by atoms with Gasteiger partial charge >= 0.3 is 5.97 Å². The van der Waals surface area contributed by atoms with E-state index < -0.39 is 5.97 Å². The monoisotopic (exact) mass is 213 g/mol. The Morgan fingerprint density at radius 3 is 2.33 bits per heavy atom. The molecule has 0 aromatic carbocycles. The molecule has 1 rings (SSSR count). The quantitative estimate of drug-likeness (QED) is 0.779. The molecule has 3 heteroatoms. The third kappa shape index (κ3) is 3.82. The third-order valence-electron chi connectivity index (χ3n) is 3.57. The fourth-order valence-corrected chi connectivity index (χ4v) is 2.42. The van der Waals surface area contributed by atoms with Gasteiger partial charge < -0.3 is 5.11 Å². The lowest BCUT2D eigenvalue weighted by molar-refractivity contribution is -0.139. The molecule has 0 bridgehead atoms. The van der Waals surface area contributed by atoms with Crippen molar-refractivity contribution >= 4 is 5.97 Å². The van der Waals surface area contributed by atoms with E-state index in [4.69, 9.17) is 5.11 Å². The molecule has 0 spiro atoms. The lowest BCUT2D eigenvalue weighted by atomic mass is 9.75. The summed E-state index contributed by atoms with van der Waals surface area (Å²) < 4.78 is 0. The molecule has 0 radical (unpaired) electrons. The van der Waals surface area contributed by atoms with E-state index in [0.717, 1.165) is 19.4 Å². The molecular weight excluding hydrogens is 190 g/mol. The van der Waals surface area contributed by atoms with Gasteiger partial charge in [0.15, 0.2) is 0 Å². The van der Waals surface area contributed by atoms with E-state index in [1.807, 2.05) is 6.92 Å². The second-order valence-electron chi connectivity index (χ2n) is 5.35. The summed E-state index contributed by atoms with van der Waals surface area (Å²) in [6.07, 6.45) is 4.73. The Balaban J connectivity index is 2.46. The number of carboxylic acids is 1. The van der Waals surface area contributed by atoms with Crippen LogP contribution >= 0.6 is 0 Å². The van der Waals surface area contributed by atoms with Gasteiger partial charge in [0, 0.05) is 6.04 Å². The number of hydrogen-bond donors (Lipinski definition) is 1. The molecule has 1 fully saturated rings. The SMILES string of the molecule is CCN(CC(=O)O)C1CCC(C)(C)CC1. The molecule has 0 aliphatic heterocycles. The Labute approximate surface area is 92.5 Å². The largest absolute Gasteiger partial charge is 0.480 e. The van der Waals surface area contributed by atoms with Crippen LogP contribution in [0.15, 0.2) is 0 Å². The van der Waals surface area contributed by atoms with Gasteiger partial charge in [-0.15, -0.1) is 0 Å². The Morgan fingerprint density at radius 2 is 1.93 bits per heavy atom. The van der Waals surface area contributed by atoms with Crippen LogP contribution in [0.3, 0.4) is 0 Å². The highest BCUT2D eigenvalue weighted by Crippen LogP contribution is 2.36. The van der Waals surface area contributed by atoms with Gasteiger partial charge in [-0.1, -0.05) is 20.8 Å². The highest BCUT2D eigenvalue weighted by atomic mass is 16.4. The van der Waals surface area contributed by atoms with E-state index in [-0.39, 0.29) is 6.54 Å². The van der Waals surface area contributed by atoms with Gasteiger partial charge in [-0.05, 0) is 37.6 Å². The van der Waals surface area contributed by atoms with E-state index in [9.17, 15) is 4.79 Å². The summed E-state index contributed by atoms with van der Waals surface area (Å²) >= 11 is 0. The van der Waals surface area contributed by atoms with Crippen molar-refractivity contribution in [2.45, 2.75) is 52.5 Å². The van der Waals surface area contributed by atoms with Gasteiger partial charge in [0.1, 0.15) is 0 Å². The smallest absolute Gasteiger partial charge is 0.317 e. The fraction of sp³-hybridized carbons (Fsp3) is 0.917. The minimum absolute atomic E-state index is 0.196. The number of carboxylic acid groups (broad SMARTS) is 1. The van der Waals surface area contributed by atoms with Gasteiger partial charge in [0.25, 0.3) is 0 Å². The lowest BCUT2D eigenvalue weighted by Gasteiger charge is -2.39. The highest BCUT2D eigenvalue weighted by Gasteiger charge is 2.30. The van der Waals surface area contributed by atoms with Crippen LogP contribution in [0.2, 0.25) is 0 Å². The van der Waals surface area contributed by atoms with E-state index in [1.54, 1.807) is 0 Å². The van der Waals surface area contributed by atoms with Crippen molar-refractivity contribution in [3.8, 4) is 0 Å². The van der Waals surface area contributed by atoms with Crippen LogP contribution < -0.4 is 0 Å². The van der Waals surface area contributed by atoms with Crippen LogP contribution in [0.25, 0.3) is 0 Å². The van der Waals surface area contributed by atoms with E-state index >= 15 is 0 Å². The topological polar surface area (TPSA) is 40.5 Å². The molecule has 88 valence electrons. The molecule has 0 unspecified atom stereocenters. The maximum atomic E-state index is 10.7. The van der Waals surface area contributed by atoms with Crippen molar-refractivity contribution in [3.05, 3.63) is 0 Å². The number of nitrogens with zero attached hydrogens (tertiary/aromatic N) is 1. The minimum atomic E-state index is -0.707. The van der Waals surface area contributed by atoms with E-state index in [2.05, 4.69) is 18.7 Å². The van der Waals surface area contributed by atoms with Gasteiger partial charge in [0.05, 0.1) is 6.54 Å². The maximum absolute atomic E-state index is 10.7. The average Bonchev–Trinajstić information content (AvgIpc) is 2.14. The zero-order valence-corrected chi connectivity index (χ0v) is 10.1. The van der Waals surface area contributed by atoms with Crippen LogP contribution in [0, 0.1) is 5.41 Å². The molecule has 0 aromatic rings. The molecule has 0 saturated heterocycles. The number of rotatable bonds is 4. The van der Waals surface area contributed by atoms with Crippen molar-refractivity contribution in [2.75, 3.05) is 13.1 Å². The van der Waals surface area contributed by atoms with Gasteiger partial charge in [-0.25, -0.2) is 0 Å². The van der Waals surface area contributed by atoms with Crippen molar-refractivity contribution in [3.63, 3.8) is 0 Å². The first-order chi connectivity index (χ1) is 6.94. The second kappa shape index (κ2) is 4.97. The molecule has 1 N–H and O–H groups in total. The molecule has 15 heavy (non-hydrogen) atoms. The van der Waals surface area contributed by atoms with E-state index in [1.165, 1.54) is 12.8 Å². The van der Waals surface area contributed by atoms with Crippen LogP contribution in [-0.2, 0) is 4.79 Å². The summed E-state index contributed by atoms with van der Waals surface area (Å²) in [5.41, 5.74) is 0.457. The van der Waals surface area contributed by atoms with E-state index in [0.29, 0.717) is 11.5 Å². The molecule has 3 nitrogen and oxygen atoms in total. The summed E-state index contributed by atoms with van der Waals surface area (Å²) in [6, 6.07) is 0.485. The molecule has 1 saturated carbocycles. The average molecular weight is 213 g/mol. The summed E-state index contributed by atoms with van der Waals surface area (Å²) in [7, 11) is 0. The fourth-order valence-electron chi connectivity index (χ4n) is 2.42. The van der Waals surface area contributed by atoms with Gasteiger partial charge in [-0.2, -0.15) is 0 Å². The van der Waals surface area contributed by atoms with Crippen molar-refractivity contribution in [2.24, 2.45) is 5.41 Å². The van der Waals surface area contributed by atoms with Gasteiger partial charge in [0.2, 0.25) is 0 Å². The summed E-state index contributed by atoms with van der Waals surface area (Å²) in [5.74, 6) is -0.707. The molecule has 0 heterocycles. The summed E-state index contributed by atoms with van der Waals surface area (Å²) in [6.45, 7) is 7.69. The molecule has 0 atom stereocenters. The first kappa shape index (κ1) is 12.5. The Hall–Kier alpha value is -0.570. The summed E-state index contributed by atoms with van der Waals surface area (Å²) in [4.78, 5) is 12.8. The van der Waals surface area contributed by atoms with Crippen LogP contribution in [0.4, 0.5) is 0 Å². The molecule has 1 aliphatic rings. The summed E-state index contributed by atoms with van der Waals surface area (Å²) in [5, 5.41) is 8.81. The highest BCUT2D eigenvalue weighted by molar-refractivity contribution is 5.69. The minimum Gasteiger partial charge on any atom is -0.480 e. The molecule has 0 amide bonds. The Morgan fingerprint density at radius 1 is 1.40 bits per heavy atom. The third-order valence-corrected chi connectivity index (χ3v) is 3.57. The lowest BCUT2D eigenvalue weighted by Crippen LogP contribution is -2.42. The maximum Gasteiger partial charge on any atom is 0.317 e. The van der Waals surface area contributed by atoms with Gasteiger partial charge in [-0.3, -0.25) is 9.69 Å². The first-order valence-electron chi connectivity index (χ1n) is 5.90. The van der Waals surface area contributed by atoms with Crippen molar-refractivity contribution < 1.29 is 9.90 Å². The Kier molecular flexibility index (Phi) is 4.14. The first-order valence-corrected chi connectivity index (χ1v) is 5.90. The van der Waals surface area contributed by atoms with Crippen LogP contribution in [0.5, 0.6) is 0 Å².